The molecule has 5 heteroatoms. The van der Waals surface area contributed by atoms with Crippen LogP contribution in [0.3, 0.4) is 0 Å². The third kappa shape index (κ3) is 4.98. The fraction of sp³-hybridized carbons (Fsp3) is 0.556. The van der Waals surface area contributed by atoms with Gasteiger partial charge in [-0.3, -0.25) is 9.59 Å². The van der Waals surface area contributed by atoms with Gasteiger partial charge in [-0.05, 0) is 37.5 Å². The Morgan fingerprint density at radius 2 is 2.13 bits per heavy atom. The number of hydrogen-bond acceptors (Lipinski definition) is 3. The molecule has 1 aliphatic heterocycles. The number of carbonyl (C=O) groups excluding carboxylic acids is 2. The van der Waals surface area contributed by atoms with Gasteiger partial charge in [0, 0.05) is 19.5 Å². The minimum atomic E-state index is -0.0496. The number of fused-ring (bicyclic) bond motifs is 1. The number of unbranched alkanes of at least 4 members (excludes halogenated alkanes) is 2. The highest BCUT2D eigenvalue weighted by Crippen LogP contribution is 2.32. The topological polar surface area (TPSA) is 58.6 Å². The molecule has 2 amide bonds. The molecule has 2 rings (SSSR count). The smallest absolute Gasteiger partial charge is 0.265 e. The predicted octanol–water partition coefficient (Wildman–Crippen LogP) is 2.81. The van der Waals surface area contributed by atoms with Gasteiger partial charge in [0.15, 0.2) is 6.61 Å². The molecule has 0 saturated heterocycles. The number of aryl methyl sites for hydroxylation is 1. The monoisotopic (exact) mass is 318 g/mol. The van der Waals surface area contributed by atoms with Crippen molar-refractivity contribution < 1.29 is 14.3 Å². The van der Waals surface area contributed by atoms with Crippen LogP contribution in [0.2, 0.25) is 0 Å². The van der Waals surface area contributed by atoms with Gasteiger partial charge in [-0.25, -0.2) is 0 Å². The molecule has 1 heterocycles. The molecule has 0 aromatic heterocycles. The van der Waals surface area contributed by atoms with Crippen molar-refractivity contribution in [2.24, 2.45) is 0 Å². The van der Waals surface area contributed by atoms with Gasteiger partial charge in [0.1, 0.15) is 5.75 Å². The fourth-order valence-corrected chi connectivity index (χ4v) is 2.65. The summed E-state index contributed by atoms with van der Waals surface area (Å²) in [6.07, 6.45) is 4.40. The average molecular weight is 318 g/mol. The van der Waals surface area contributed by atoms with Crippen LogP contribution in [0.25, 0.3) is 0 Å². The molecular weight excluding hydrogens is 292 g/mol. The Bertz CT molecular complexity index is 557. The lowest BCUT2D eigenvalue weighted by atomic mass is 10.1. The third-order valence-corrected chi connectivity index (χ3v) is 3.95. The number of benzene rings is 1. The number of hydrogen-bond donors (Lipinski definition) is 1. The third-order valence-electron chi connectivity index (χ3n) is 3.95. The van der Waals surface area contributed by atoms with Crippen molar-refractivity contribution in [3.63, 3.8) is 0 Å². The lowest BCUT2D eigenvalue weighted by Gasteiger charge is -2.29. The maximum Gasteiger partial charge on any atom is 0.265 e. The maximum absolute atomic E-state index is 12.1. The highest BCUT2D eigenvalue weighted by molar-refractivity contribution is 5.97. The van der Waals surface area contributed by atoms with Crippen LogP contribution in [0.4, 0.5) is 5.69 Å². The molecule has 0 radical (unpaired) electrons. The first kappa shape index (κ1) is 17.3. The number of nitrogens with one attached hydrogen (secondary N) is 1. The Labute approximate surface area is 138 Å². The lowest BCUT2D eigenvalue weighted by Crippen LogP contribution is -2.39. The highest BCUT2D eigenvalue weighted by atomic mass is 16.5. The van der Waals surface area contributed by atoms with Crippen molar-refractivity contribution in [1.82, 2.24) is 5.32 Å². The second-order valence-corrected chi connectivity index (χ2v) is 5.97. The minimum absolute atomic E-state index is 0.0496. The molecule has 5 nitrogen and oxygen atoms in total. The van der Waals surface area contributed by atoms with E-state index < -0.39 is 0 Å². The summed E-state index contributed by atoms with van der Waals surface area (Å²) in [6.45, 7) is 5.48. The molecule has 1 N–H and O–H groups in total. The lowest BCUT2D eigenvalue weighted by molar-refractivity contribution is -0.122. The van der Waals surface area contributed by atoms with E-state index in [0.29, 0.717) is 19.4 Å². The van der Waals surface area contributed by atoms with Crippen LogP contribution in [0, 0.1) is 6.92 Å². The Hall–Kier alpha value is -2.04. The molecule has 126 valence electrons. The van der Waals surface area contributed by atoms with Gasteiger partial charge in [-0.1, -0.05) is 25.8 Å². The summed E-state index contributed by atoms with van der Waals surface area (Å²) >= 11 is 0. The van der Waals surface area contributed by atoms with Gasteiger partial charge in [0.2, 0.25) is 5.91 Å². The number of ether oxygens (including phenoxy) is 1. The van der Waals surface area contributed by atoms with E-state index in [4.69, 9.17) is 4.74 Å². The highest BCUT2D eigenvalue weighted by Gasteiger charge is 2.25. The van der Waals surface area contributed by atoms with E-state index in [0.717, 1.165) is 42.8 Å². The Morgan fingerprint density at radius 3 is 2.91 bits per heavy atom. The molecular formula is C18H26N2O3. The standard InChI is InChI=1S/C18H26N2O3/c1-3-4-5-10-19-17(21)7-6-11-20-15-12-14(2)8-9-16(15)23-13-18(20)22/h8-9,12H,3-7,10-11,13H2,1-2H3,(H,19,21). The Kier molecular flexibility index (Phi) is 6.44. The van der Waals surface area contributed by atoms with E-state index in [1.807, 2.05) is 25.1 Å². The molecule has 0 saturated carbocycles. The molecule has 0 unspecified atom stereocenters. The number of rotatable bonds is 8. The van der Waals surface area contributed by atoms with Crippen LogP contribution in [-0.2, 0) is 9.59 Å². The molecule has 1 aliphatic rings. The Balaban J connectivity index is 1.82. The van der Waals surface area contributed by atoms with Crippen LogP contribution in [0.5, 0.6) is 5.75 Å². The summed E-state index contributed by atoms with van der Waals surface area (Å²) < 4.78 is 5.45. The van der Waals surface area contributed by atoms with E-state index in [2.05, 4.69) is 12.2 Å². The van der Waals surface area contributed by atoms with E-state index in [1.165, 1.54) is 0 Å². The molecule has 0 aliphatic carbocycles. The van der Waals surface area contributed by atoms with Crippen molar-refractivity contribution in [2.75, 3.05) is 24.6 Å². The van der Waals surface area contributed by atoms with E-state index in [1.54, 1.807) is 4.90 Å². The summed E-state index contributed by atoms with van der Waals surface area (Å²) in [5.74, 6) is 0.747. The zero-order valence-corrected chi connectivity index (χ0v) is 14.1. The van der Waals surface area contributed by atoms with Crippen molar-refractivity contribution in [3.8, 4) is 5.75 Å². The summed E-state index contributed by atoms with van der Waals surface area (Å²) in [4.78, 5) is 25.6. The summed E-state index contributed by atoms with van der Waals surface area (Å²) in [5, 5.41) is 2.93. The van der Waals surface area contributed by atoms with Crippen LogP contribution < -0.4 is 15.0 Å². The van der Waals surface area contributed by atoms with Crippen LogP contribution in [0.15, 0.2) is 18.2 Å². The molecule has 0 atom stereocenters. The van der Waals surface area contributed by atoms with Crippen LogP contribution >= 0.6 is 0 Å². The zero-order valence-electron chi connectivity index (χ0n) is 14.1. The average Bonchev–Trinajstić information content (AvgIpc) is 2.54. The molecule has 0 spiro atoms. The molecule has 23 heavy (non-hydrogen) atoms. The van der Waals surface area contributed by atoms with Gasteiger partial charge in [0.25, 0.3) is 5.91 Å². The van der Waals surface area contributed by atoms with Crippen molar-refractivity contribution in [1.29, 1.82) is 0 Å². The molecule has 1 aromatic carbocycles. The molecule has 0 fully saturated rings. The summed E-state index contributed by atoms with van der Waals surface area (Å²) in [7, 11) is 0. The largest absolute Gasteiger partial charge is 0.482 e. The predicted molar refractivity (Wildman–Crippen MR) is 90.8 cm³/mol. The summed E-state index contributed by atoms with van der Waals surface area (Å²) in [6, 6.07) is 5.82. The Morgan fingerprint density at radius 1 is 1.30 bits per heavy atom. The molecule has 1 aromatic rings. The molecule has 0 bridgehead atoms. The van der Waals surface area contributed by atoms with E-state index >= 15 is 0 Å². The second kappa shape index (κ2) is 8.56. The number of anilines is 1. The van der Waals surface area contributed by atoms with Crippen molar-refractivity contribution in [3.05, 3.63) is 23.8 Å². The number of amides is 2. The SMILES string of the molecule is CCCCCNC(=O)CCCN1C(=O)COc2ccc(C)cc21. The maximum atomic E-state index is 12.1. The quantitative estimate of drug-likeness (QED) is 0.750. The van der Waals surface area contributed by atoms with Gasteiger partial charge < -0.3 is 15.0 Å². The van der Waals surface area contributed by atoms with Crippen molar-refractivity contribution >= 4 is 17.5 Å². The minimum Gasteiger partial charge on any atom is -0.482 e. The van der Waals surface area contributed by atoms with Crippen LogP contribution in [0.1, 0.15) is 44.6 Å². The van der Waals surface area contributed by atoms with Gasteiger partial charge >= 0.3 is 0 Å². The van der Waals surface area contributed by atoms with Gasteiger partial charge in [0.05, 0.1) is 5.69 Å². The number of carbonyl (C=O) groups is 2. The number of nitrogens with zero attached hydrogens (tertiary/aromatic N) is 1. The first-order valence-electron chi connectivity index (χ1n) is 8.42. The zero-order chi connectivity index (χ0) is 16.7. The second-order valence-electron chi connectivity index (χ2n) is 5.97. The fourth-order valence-electron chi connectivity index (χ4n) is 2.65. The van der Waals surface area contributed by atoms with E-state index in [-0.39, 0.29) is 18.4 Å². The van der Waals surface area contributed by atoms with Crippen LogP contribution in [-0.4, -0.2) is 31.5 Å². The van der Waals surface area contributed by atoms with Crippen molar-refractivity contribution in [2.45, 2.75) is 46.0 Å². The van der Waals surface area contributed by atoms with Gasteiger partial charge in [-0.15, -0.1) is 0 Å². The normalized spacial score (nSPS) is 13.5. The first-order valence-corrected chi connectivity index (χ1v) is 8.42. The van der Waals surface area contributed by atoms with Gasteiger partial charge in [-0.2, -0.15) is 0 Å². The summed E-state index contributed by atoms with van der Waals surface area (Å²) in [5.41, 5.74) is 1.89. The first-order chi connectivity index (χ1) is 11.1. The van der Waals surface area contributed by atoms with E-state index in [9.17, 15) is 9.59 Å².